The molecule has 2 atom stereocenters. The SMILES string of the molecule is Cc1noc(C)c1CSCC(=O)N1C[C@H](C)O[C@@H](C)C1. The van der Waals surface area contributed by atoms with Crippen LogP contribution in [0.15, 0.2) is 4.52 Å². The van der Waals surface area contributed by atoms with Crippen molar-refractivity contribution in [2.45, 2.75) is 45.7 Å². The van der Waals surface area contributed by atoms with E-state index in [-0.39, 0.29) is 18.1 Å². The minimum atomic E-state index is 0.121. The number of nitrogens with zero attached hydrogens (tertiary/aromatic N) is 2. The Morgan fingerprint density at radius 3 is 2.55 bits per heavy atom. The quantitative estimate of drug-likeness (QED) is 0.852. The lowest BCUT2D eigenvalue weighted by Crippen LogP contribution is -2.48. The molecule has 1 aliphatic heterocycles. The van der Waals surface area contributed by atoms with Crippen LogP contribution in [0.3, 0.4) is 0 Å². The first-order valence-electron chi connectivity index (χ1n) is 6.90. The number of aromatic nitrogens is 1. The number of hydrogen-bond acceptors (Lipinski definition) is 5. The van der Waals surface area contributed by atoms with Crippen molar-refractivity contribution in [3.63, 3.8) is 0 Å². The molecule has 20 heavy (non-hydrogen) atoms. The Labute approximate surface area is 124 Å². The molecule has 5 nitrogen and oxygen atoms in total. The van der Waals surface area contributed by atoms with Crippen molar-refractivity contribution in [3.05, 3.63) is 17.0 Å². The summed E-state index contributed by atoms with van der Waals surface area (Å²) in [5, 5.41) is 3.92. The molecular weight excluding hydrogens is 276 g/mol. The minimum absolute atomic E-state index is 0.121. The molecule has 0 spiro atoms. The third kappa shape index (κ3) is 3.76. The Balaban J connectivity index is 1.80. The van der Waals surface area contributed by atoms with Crippen LogP contribution in [0, 0.1) is 13.8 Å². The summed E-state index contributed by atoms with van der Waals surface area (Å²) in [5.74, 6) is 2.28. The van der Waals surface area contributed by atoms with E-state index in [4.69, 9.17) is 9.26 Å². The lowest BCUT2D eigenvalue weighted by atomic mass is 10.2. The average molecular weight is 298 g/mol. The lowest BCUT2D eigenvalue weighted by Gasteiger charge is -2.35. The van der Waals surface area contributed by atoms with Gasteiger partial charge in [-0.15, -0.1) is 11.8 Å². The van der Waals surface area contributed by atoms with Gasteiger partial charge in [-0.1, -0.05) is 5.16 Å². The molecule has 2 heterocycles. The van der Waals surface area contributed by atoms with Crippen molar-refractivity contribution in [2.75, 3.05) is 18.8 Å². The van der Waals surface area contributed by atoms with E-state index < -0.39 is 0 Å². The van der Waals surface area contributed by atoms with Gasteiger partial charge in [-0.25, -0.2) is 0 Å². The van der Waals surface area contributed by atoms with Crippen LogP contribution >= 0.6 is 11.8 Å². The average Bonchev–Trinajstić information content (AvgIpc) is 2.69. The Morgan fingerprint density at radius 2 is 2.00 bits per heavy atom. The zero-order valence-corrected chi connectivity index (χ0v) is 13.3. The van der Waals surface area contributed by atoms with E-state index in [1.165, 1.54) is 0 Å². The smallest absolute Gasteiger partial charge is 0.232 e. The van der Waals surface area contributed by atoms with Crippen molar-refractivity contribution in [3.8, 4) is 0 Å². The fraction of sp³-hybridized carbons (Fsp3) is 0.714. The van der Waals surface area contributed by atoms with E-state index in [9.17, 15) is 4.79 Å². The van der Waals surface area contributed by atoms with Gasteiger partial charge in [0, 0.05) is 24.4 Å². The number of hydrogen-bond donors (Lipinski definition) is 0. The maximum Gasteiger partial charge on any atom is 0.232 e. The summed E-state index contributed by atoms with van der Waals surface area (Å²) in [6.07, 6.45) is 0.241. The van der Waals surface area contributed by atoms with E-state index in [0.717, 1.165) is 22.8 Å². The molecule has 1 aromatic heterocycles. The molecule has 2 rings (SSSR count). The highest BCUT2D eigenvalue weighted by Crippen LogP contribution is 2.20. The van der Waals surface area contributed by atoms with Crippen molar-refractivity contribution in [1.82, 2.24) is 10.1 Å². The Kier molecular flexibility index (Phi) is 5.10. The number of carbonyl (C=O) groups excluding carboxylic acids is 1. The van der Waals surface area contributed by atoms with Gasteiger partial charge < -0.3 is 14.2 Å². The van der Waals surface area contributed by atoms with Crippen molar-refractivity contribution in [1.29, 1.82) is 0 Å². The fourth-order valence-corrected chi connectivity index (χ4v) is 3.50. The molecule has 1 amide bonds. The third-order valence-electron chi connectivity index (χ3n) is 3.43. The second kappa shape index (κ2) is 6.63. The number of ether oxygens (including phenoxy) is 1. The van der Waals surface area contributed by atoms with Gasteiger partial charge in [0.2, 0.25) is 5.91 Å². The van der Waals surface area contributed by atoms with Crippen LogP contribution < -0.4 is 0 Å². The van der Waals surface area contributed by atoms with Gasteiger partial charge >= 0.3 is 0 Å². The second-order valence-corrected chi connectivity index (χ2v) is 6.34. The van der Waals surface area contributed by atoms with Crippen LogP contribution in [0.4, 0.5) is 0 Å². The Bertz CT molecular complexity index is 445. The first-order valence-corrected chi connectivity index (χ1v) is 8.05. The van der Waals surface area contributed by atoms with Gasteiger partial charge in [0.15, 0.2) is 0 Å². The molecule has 0 aliphatic carbocycles. The highest BCUT2D eigenvalue weighted by Gasteiger charge is 2.25. The number of aryl methyl sites for hydroxylation is 2. The first kappa shape index (κ1) is 15.4. The van der Waals surface area contributed by atoms with Crippen molar-refractivity contribution >= 4 is 17.7 Å². The molecule has 0 saturated carbocycles. The molecule has 1 aliphatic rings. The summed E-state index contributed by atoms with van der Waals surface area (Å²) in [5.41, 5.74) is 2.02. The number of amides is 1. The van der Waals surface area contributed by atoms with E-state index >= 15 is 0 Å². The predicted molar refractivity (Wildman–Crippen MR) is 78.7 cm³/mol. The molecule has 0 N–H and O–H groups in total. The minimum Gasteiger partial charge on any atom is -0.372 e. The van der Waals surface area contributed by atoms with Gasteiger partial charge in [0.1, 0.15) is 5.76 Å². The van der Waals surface area contributed by atoms with Crippen LogP contribution in [0.1, 0.15) is 30.9 Å². The molecule has 1 aromatic rings. The van der Waals surface area contributed by atoms with Gasteiger partial charge in [0.25, 0.3) is 0 Å². The summed E-state index contributed by atoms with van der Waals surface area (Å²) < 4.78 is 10.8. The molecule has 1 fully saturated rings. The molecule has 0 radical (unpaired) electrons. The number of thioether (sulfide) groups is 1. The summed E-state index contributed by atoms with van der Waals surface area (Å²) in [6, 6.07) is 0. The molecular formula is C14H22N2O3S. The zero-order chi connectivity index (χ0) is 14.7. The van der Waals surface area contributed by atoms with Gasteiger partial charge in [-0.2, -0.15) is 0 Å². The normalized spacial score (nSPS) is 23.1. The zero-order valence-electron chi connectivity index (χ0n) is 12.5. The maximum absolute atomic E-state index is 12.2. The summed E-state index contributed by atoms with van der Waals surface area (Å²) in [6.45, 7) is 9.23. The Morgan fingerprint density at radius 1 is 1.35 bits per heavy atom. The third-order valence-corrected chi connectivity index (χ3v) is 4.37. The molecule has 0 aromatic carbocycles. The van der Waals surface area contributed by atoms with Crippen molar-refractivity contribution < 1.29 is 14.1 Å². The molecule has 112 valence electrons. The van der Waals surface area contributed by atoms with Crippen LogP contribution in [0.25, 0.3) is 0 Å². The number of carbonyl (C=O) groups is 1. The summed E-state index contributed by atoms with van der Waals surface area (Å²) in [7, 11) is 0. The highest BCUT2D eigenvalue weighted by atomic mass is 32.2. The van der Waals surface area contributed by atoms with Crippen LogP contribution in [0.5, 0.6) is 0 Å². The predicted octanol–water partition coefficient (Wildman–Crippen LogP) is 2.16. The number of rotatable bonds is 4. The molecule has 0 bridgehead atoms. The number of morpholine rings is 1. The van der Waals surface area contributed by atoms with E-state index in [2.05, 4.69) is 5.16 Å². The molecule has 6 heteroatoms. The molecule has 0 unspecified atom stereocenters. The largest absolute Gasteiger partial charge is 0.372 e. The fourth-order valence-electron chi connectivity index (χ4n) is 2.42. The van der Waals surface area contributed by atoms with Gasteiger partial charge in [-0.05, 0) is 27.7 Å². The first-order chi connectivity index (χ1) is 9.47. The van der Waals surface area contributed by atoms with E-state index in [1.54, 1.807) is 11.8 Å². The van der Waals surface area contributed by atoms with Gasteiger partial charge in [-0.3, -0.25) is 4.79 Å². The second-order valence-electron chi connectivity index (χ2n) is 5.35. The van der Waals surface area contributed by atoms with E-state index in [0.29, 0.717) is 18.8 Å². The van der Waals surface area contributed by atoms with Crippen LogP contribution in [-0.2, 0) is 15.3 Å². The maximum atomic E-state index is 12.2. The highest BCUT2D eigenvalue weighted by molar-refractivity contribution is 7.99. The van der Waals surface area contributed by atoms with Gasteiger partial charge in [0.05, 0.1) is 23.7 Å². The van der Waals surface area contributed by atoms with Crippen molar-refractivity contribution in [2.24, 2.45) is 0 Å². The summed E-state index contributed by atoms with van der Waals surface area (Å²) in [4.78, 5) is 14.1. The lowest BCUT2D eigenvalue weighted by molar-refractivity contribution is -0.140. The molecule has 1 saturated heterocycles. The monoisotopic (exact) mass is 298 g/mol. The van der Waals surface area contributed by atoms with E-state index in [1.807, 2.05) is 32.6 Å². The van der Waals surface area contributed by atoms with Crippen LogP contribution in [-0.4, -0.2) is 47.0 Å². The topological polar surface area (TPSA) is 55.6 Å². The van der Waals surface area contributed by atoms with Crippen LogP contribution in [0.2, 0.25) is 0 Å². The standard InChI is InChI=1S/C14H22N2O3S/c1-9-5-16(6-10(2)18-9)14(17)8-20-7-13-11(3)15-19-12(13)4/h9-10H,5-8H2,1-4H3/t9-,10-/m0/s1. The Hall–Kier alpha value is -1.01. The summed E-state index contributed by atoms with van der Waals surface area (Å²) >= 11 is 1.61.